The molecule has 4 amide bonds. The smallest absolute Gasteiger partial charge is 0.328 e. The minimum atomic E-state index is -1.01. The minimum Gasteiger partial charge on any atom is -0.351 e. The van der Waals surface area contributed by atoms with Crippen LogP contribution in [0.5, 0.6) is 0 Å². The van der Waals surface area contributed by atoms with E-state index in [1.807, 2.05) is 0 Å². The third-order valence-electron chi connectivity index (χ3n) is 1.14. The summed E-state index contributed by atoms with van der Waals surface area (Å²) in [6.07, 6.45) is 1.09. The Kier molecular flexibility index (Phi) is 1.41. The van der Waals surface area contributed by atoms with E-state index in [-0.39, 0.29) is 6.42 Å². The Morgan fingerprint density at radius 3 is 2.40 bits per heavy atom. The van der Waals surface area contributed by atoms with Gasteiger partial charge in [-0.2, -0.15) is 0 Å². The molecule has 0 saturated carbocycles. The van der Waals surface area contributed by atoms with Crippen LogP contribution in [0.4, 0.5) is 4.79 Å². The average Bonchev–Trinajstić information content (AvgIpc) is 2.11. The van der Waals surface area contributed by atoms with Crippen molar-refractivity contribution in [3.63, 3.8) is 0 Å². The Hall–Kier alpha value is -1.39. The van der Waals surface area contributed by atoms with Crippen LogP contribution in [-0.2, 0) is 9.59 Å². The lowest BCUT2D eigenvalue weighted by Gasteiger charge is -2.05. The Labute approximate surface area is 56.8 Å². The predicted octanol–water partition coefficient (Wildman–Crippen LogP) is -0.972. The third-order valence-corrected chi connectivity index (χ3v) is 1.14. The molecule has 0 spiro atoms. The predicted molar refractivity (Wildman–Crippen MR) is 30.4 cm³/mol. The number of carbonyl (C=O) groups excluding carboxylic acids is 3. The van der Waals surface area contributed by atoms with Gasteiger partial charge in [-0.05, 0) is 0 Å². The average molecular weight is 141 g/mol. The molecule has 1 heterocycles. The molecule has 5 nitrogen and oxygen atoms in total. The van der Waals surface area contributed by atoms with Crippen LogP contribution in [0.1, 0.15) is 6.42 Å². The van der Waals surface area contributed by atoms with E-state index in [0.717, 1.165) is 6.42 Å². The number of likely N-dealkylation sites (tertiary alicyclic amines) is 1. The van der Waals surface area contributed by atoms with E-state index in [0.29, 0.717) is 4.90 Å². The molecular weight excluding hydrogens is 136 g/mol. The van der Waals surface area contributed by atoms with Crippen LogP contribution in [0.15, 0.2) is 0 Å². The second kappa shape index (κ2) is 2.09. The summed E-state index contributed by atoms with van der Waals surface area (Å²) >= 11 is 0. The van der Waals surface area contributed by atoms with E-state index in [1.165, 1.54) is 0 Å². The van der Waals surface area contributed by atoms with Gasteiger partial charge in [0.05, 0.1) is 6.42 Å². The first-order valence-electron chi connectivity index (χ1n) is 2.62. The minimum absolute atomic E-state index is 0.0260. The fourth-order valence-electron chi connectivity index (χ4n) is 0.712. The number of urea groups is 1. The van der Waals surface area contributed by atoms with Crippen LogP contribution < -0.4 is 5.73 Å². The molecule has 53 valence electrons. The first-order valence-corrected chi connectivity index (χ1v) is 2.62. The summed E-state index contributed by atoms with van der Waals surface area (Å²) in [4.78, 5) is 31.9. The van der Waals surface area contributed by atoms with Crippen molar-refractivity contribution in [1.82, 2.24) is 4.90 Å². The number of carbonyl (C=O) groups is 3. The molecule has 1 aliphatic heterocycles. The van der Waals surface area contributed by atoms with E-state index in [2.05, 4.69) is 0 Å². The summed E-state index contributed by atoms with van der Waals surface area (Å²) in [6, 6.07) is -1.01. The molecule has 0 aliphatic carbocycles. The van der Waals surface area contributed by atoms with E-state index < -0.39 is 17.8 Å². The molecule has 2 N–H and O–H groups in total. The van der Waals surface area contributed by atoms with Crippen LogP contribution in [0.25, 0.3) is 0 Å². The first-order chi connectivity index (χ1) is 4.63. The van der Waals surface area contributed by atoms with Gasteiger partial charge in [0.25, 0.3) is 0 Å². The maximum absolute atomic E-state index is 10.6. The second-order valence-electron chi connectivity index (χ2n) is 1.81. The first kappa shape index (κ1) is 6.73. The summed E-state index contributed by atoms with van der Waals surface area (Å²) < 4.78 is 0. The molecule has 1 rings (SSSR count). The molecule has 0 aromatic carbocycles. The molecule has 1 fully saturated rings. The maximum Gasteiger partial charge on any atom is 0.328 e. The van der Waals surface area contributed by atoms with Crippen molar-refractivity contribution in [3.05, 3.63) is 6.42 Å². The zero-order valence-electron chi connectivity index (χ0n) is 5.03. The largest absolute Gasteiger partial charge is 0.351 e. The summed E-state index contributed by atoms with van der Waals surface area (Å²) in [7, 11) is 0. The van der Waals surface area contributed by atoms with Gasteiger partial charge in [-0.1, -0.05) is 0 Å². The monoisotopic (exact) mass is 141 g/mol. The van der Waals surface area contributed by atoms with Crippen molar-refractivity contribution < 1.29 is 14.4 Å². The Bertz CT molecular complexity index is 195. The number of hydrogen-bond donors (Lipinski definition) is 1. The molecule has 0 unspecified atom stereocenters. The van der Waals surface area contributed by atoms with Crippen LogP contribution in [0, 0.1) is 6.42 Å². The lowest BCUT2D eigenvalue weighted by Crippen LogP contribution is -2.39. The maximum atomic E-state index is 10.6. The number of amides is 4. The van der Waals surface area contributed by atoms with E-state index in [9.17, 15) is 14.4 Å². The fourth-order valence-corrected chi connectivity index (χ4v) is 0.712. The molecule has 0 bridgehead atoms. The van der Waals surface area contributed by atoms with Crippen molar-refractivity contribution >= 4 is 17.8 Å². The third kappa shape index (κ3) is 0.854. The van der Waals surface area contributed by atoms with Crippen molar-refractivity contribution in [1.29, 1.82) is 0 Å². The van der Waals surface area contributed by atoms with Gasteiger partial charge in [-0.15, -0.1) is 0 Å². The number of hydrogen-bond acceptors (Lipinski definition) is 3. The van der Waals surface area contributed by atoms with Gasteiger partial charge in [0.1, 0.15) is 0 Å². The van der Waals surface area contributed by atoms with E-state index >= 15 is 0 Å². The molecule has 0 atom stereocenters. The molecule has 5 heteroatoms. The molecule has 1 aliphatic rings. The summed E-state index contributed by atoms with van der Waals surface area (Å²) in [6.45, 7) is 0. The number of primary amides is 1. The van der Waals surface area contributed by atoms with Gasteiger partial charge < -0.3 is 5.73 Å². The summed E-state index contributed by atoms with van der Waals surface area (Å²) in [5.41, 5.74) is 4.70. The normalized spacial score (nSPS) is 18.2. The van der Waals surface area contributed by atoms with Crippen LogP contribution >= 0.6 is 0 Å². The Morgan fingerprint density at radius 2 is 2.20 bits per heavy atom. The SMILES string of the molecule is NC(=O)N1C(=O)[CH]CC1=O. The highest BCUT2D eigenvalue weighted by Gasteiger charge is 2.32. The van der Waals surface area contributed by atoms with Gasteiger partial charge in [-0.3, -0.25) is 9.59 Å². The van der Waals surface area contributed by atoms with Crippen molar-refractivity contribution in [3.8, 4) is 0 Å². The Morgan fingerprint density at radius 1 is 1.60 bits per heavy atom. The molecule has 1 saturated heterocycles. The molecule has 10 heavy (non-hydrogen) atoms. The zero-order valence-corrected chi connectivity index (χ0v) is 5.03. The van der Waals surface area contributed by atoms with E-state index in [1.54, 1.807) is 0 Å². The van der Waals surface area contributed by atoms with Gasteiger partial charge in [-0.25, -0.2) is 9.69 Å². The van der Waals surface area contributed by atoms with Crippen LogP contribution in [0.2, 0.25) is 0 Å². The highest BCUT2D eigenvalue weighted by molar-refractivity contribution is 6.18. The summed E-state index contributed by atoms with van der Waals surface area (Å²) in [5.74, 6) is -1.19. The van der Waals surface area contributed by atoms with Gasteiger partial charge in [0.2, 0.25) is 11.8 Å². The number of nitrogens with zero attached hydrogens (tertiary/aromatic N) is 1. The molecular formula is C5H5N2O3. The second-order valence-corrected chi connectivity index (χ2v) is 1.81. The van der Waals surface area contributed by atoms with Gasteiger partial charge in [0, 0.05) is 6.42 Å². The zero-order chi connectivity index (χ0) is 7.72. The van der Waals surface area contributed by atoms with Crippen molar-refractivity contribution in [2.24, 2.45) is 5.73 Å². The van der Waals surface area contributed by atoms with Gasteiger partial charge >= 0.3 is 6.03 Å². The molecule has 1 radical (unpaired) electrons. The highest BCUT2D eigenvalue weighted by Crippen LogP contribution is 2.08. The quantitative estimate of drug-likeness (QED) is 0.440. The van der Waals surface area contributed by atoms with E-state index in [4.69, 9.17) is 5.73 Å². The molecule has 0 aromatic rings. The van der Waals surface area contributed by atoms with Crippen molar-refractivity contribution in [2.45, 2.75) is 6.42 Å². The van der Waals surface area contributed by atoms with Crippen LogP contribution in [0.3, 0.4) is 0 Å². The van der Waals surface area contributed by atoms with Crippen molar-refractivity contribution in [2.75, 3.05) is 0 Å². The van der Waals surface area contributed by atoms with Gasteiger partial charge in [0.15, 0.2) is 0 Å². The standard InChI is InChI=1S/C5H5N2O3/c6-5(10)7-3(8)1-2-4(7)9/h1H,2H2,(H2,6,10). The number of nitrogens with two attached hydrogens (primary N) is 1. The lowest BCUT2D eigenvalue weighted by atomic mass is 10.4. The number of imide groups is 3. The topological polar surface area (TPSA) is 80.5 Å². The highest BCUT2D eigenvalue weighted by atomic mass is 16.2. The molecule has 0 aromatic heterocycles. The van der Waals surface area contributed by atoms with Crippen LogP contribution in [-0.4, -0.2) is 22.7 Å². The Balaban J connectivity index is 2.82. The lowest BCUT2D eigenvalue weighted by molar-refractivity contribution is -0.133. The summed E-state index contributed by atoms with van der Waals surface area (Å²) in [5, 5.41) is 0. The fraction of sp³-hybridized carbons (Fsp3) is 0.200. The number of rotatable bonds is 0.